The zero-order valence-electron chi connectivity index (χ0n) is 16.3. The lowest BCUT2D eigenvalue weighted by Gasteiger charge is -2.07. The summed E-state index contributed by atoms with van der Waals surface area (Å²) in [6.45, 7) is 2.11. The van der Waals surface area contributed by atoms with Gasteiger partial charge in [0.25, 0.3) is 0 Å². The largest absolute Gasteiger partial charge is 0.496 e. The minimum Gasteiger partial charge on any atom is -0.496 e. The molecule has 146 valence electrons. The molecule has 29 heavy (non-hydrogen) atoms. The number of para-hydroxylation sites is 1. The van der Waals surface area contributed by atoms with Gasteiger partial charge in [0.1, 0.15) is 17.5 Å². The molecule has 0 radical (unpaired) electrons. The van der Waals surface area contributed by atoms with Crippen LogP contribution in [0.15, 0.2) is 66.9 Å². The van der Waals surface area contributed by atoms with Gasteiger partial charge in [-0.2, -0.15) is 10.4 Å². The van der Waals surface area contributed by atoms with Gasteiger partial charge in [0.2, 0.25) is 0 Å². The Morgan fingerprint density at radius 1 is 1.21 bits per heavy atom. The van der Waals surface area contributed by atoms with Crippen molar-refractivity contribution in [2.24, 2.45) is 0 Å². The molecule has 1 heterocycles. The highest BCUT2D eigenvalue weighted by Gasteiger charge is 2.14. The van der Waals surface area contributed by atoms with E-state index in [4.69, 9.17) is 19.8 Å². The van der Waals surface area contributed by atoms with E-state index in [1.807, 2.05) is 71.5 Å². The van der Waals surface area contributed by atoms with E-state index in [1.54, 1.807) is 13.2 Å². The fourth-order valence-electron chi connectivity index (χ4n) is 2.86. The molecule has 1 aromatic heterocycles. The molecule has 0 bridgehead atoms. The molecule has 6 heteroatoms. The highest BCUT2D eigenvalue weighted by Crippen LogP contribution is 2.31. The maximum absolute atomic E-state index is 11.9. The van der Waals surface area contributed by atoms with Gasteiger partial charge in [-0.05, 0) is 30.7 Å². The summed E-state index contributed by atoms with van der Waals surface area (Å²) >= 11 is 0. The highest BCUT2D eigenvalue weighted by atomic mass is 16.5. The fraction of sp³-hybridized carbons (Fsp3) is 0.174. The number of aromatic nitrogens is 2. The zero-order chi connectivity index (χ0) is 20.6. The summed E-state index contributed by atoms with van der Waals surface area (Å²) in [6, 6.07) is 19.4. The Hall–Kier alpha value is -3.85. The quantitative estimate of drug-likeness (QED) is 0.451. The summed E-state index contributed by atoms with van der Waals surface area (Å²) in [5.74, 6) is 0.105. The van der Waals surface area contributed by atoms with Crippen LogP contribution in [-0.4, -0.2) is 29.0 Å². The van der Waals surface area contributed by atoms with E-state index in [1.165, 1.54) is 13.0 Å². The van der Waals surface area contributed by atoms with Gasteiger partial charge < -0.3 is 9.47 Å². The summed E-state index contributed by atoms with van der Waals surface area (Å²) in [6.07, 6.45) is 4.01. The van der Waals surface area contributed by atoms with Crippen LogP contribution in [0, 0.1) is 11.3 Å². The van der Waals surface area contributed by atoms with Gasteiger partial charge in [0.15, 0.2) is 6.10 Å². The topological polar surface area (TPSA) is 77.1 Å². The van der Waals surface area contributed by atoms with Gasteiger partial charge in [-0.3, -0.25) is 4.68 Å². The van der Waals surface area contributed by atoms with E-state index in [-0.39, 0.29) is 0 Å². The Balaban J connectivity index is 1.96. The van der Waals surface area contributed by atoms with Crippen LogP contribution < -0.4 is 4.74 Å². The Kier molecular flexibility index (Phi) is 6.43. The summed E-state index contributed by atoms with van der Waals surface area (Å²) < 4.78 is 12.3. The lowest BCUT2D eigenvalue weighted by molar-refractivity contribution is -0.139. The summed E-state index contributed by atoms with van der Waals surface area (Å²) in [5, 5.41) is 13.5. The maximum atomic E-state index is 11.9. The van der Waals surface area contributed by atoms with Crippen LogP contribution in [0.25, 0.3) is 17.3 Å². The second-order valence-electron chi connectivity index (χ2n) is 6.36. The number of carbonyl (C=O) groups excluding carboxylic acids is 1. The maximum Gasteiger partial charge on any atom is 0.332 e. The molecule has 0 amide bonds. The van der Waals surface area contributed by atoms with E-state index < -0.39 is 12.1 Å². The first-order valence-electron chi connectivity index (χ1n) is 9.13. The molecule has 0 spiro atoms. The number of nitriles is 1. The molecule has 3 rings (SSSR count). The van der Waals surface area contributed by atoms with E-state index >= 15 is 0 Å². The van der Waals surface area contributed by atoms with Crippen molar-refractivity contribution in [3.05, 3.63) is 78.0 Å². The van der Waals surface area contributed by atoms with Crippen LogP contribution in [0.5, 0.6) is 5.75 Å². The van der Waals surface area contributed by atoms with Crippen molar-refractivity contribution in [2.45, 2.75) is 19.6 Å². The number of rotatable bonds is 7. The summed E-state index contributed by atoms with van der Waals surface area (Å²) in [7, 11) is 1.61. The molecule has 1 atom stereocenters. The van der Waals surface area contributed by atoms with Gasteiger partial charge in [0, 0.05) is 23.4 Å². The predicted octanol–water partition coefficient (Wildman–Crippen LogP) is 4.08. The first-order chi connectivity index (χ1) is 14.1. The van der Waals surface area contributed by atoms with E-state index in [9.17, 15) is 4.79 Å². The van der Waals surface area contributed by atoms with Crippen LogP contribution in [0.4, 0.5) is 0 Å². The van der Waals surface area contributed by atoms with Gasteiger partial charge in [0.05, 0.1) is 13.7 Å². The monoisotopic (exact) mass is 387 g/mol. The standard InChI is InChI=1S/C23H21N3O3/c1-17(14-24)29-22(27)13-12-19-16-26(15-18-8-4-3-5-9-18)25-23(19)20-10-6-7-11-21(20)28-2/h3-13,16-17H,15H2,1-2H3/b13-12+/t17-/m0/s1. The second kappa shape index (κ2) is 9.38. The lowest BCUT2D eigenvalue weighted by atomic mass is 10.1. The number of esters is 1. The van der Waals surface area contributed by atoms with Crippen molar-refractivity contribution in [3.63, 3.8) is 0 Å². The third-order valence-electron chi connectivity index (χ3n) is 4.21. The fourth-order valence-corrected chi connectivity index (χ4v) is 2.86. The van der Waals surface area contributed by atoms with Crippen LogP contribution in [0.2, 0.25) is 0 Å². The van der Waals surface area contributed by atoms with Crippen LogP contribution in [0.3, 0.4) is 0 Å². The van der Waals surface area contributed by atoms with Gasteiger partial charge in [-0.1, -0.05) is 42.5 Å². The molecule has 0 aliphatic rings. The smallest absolute Gasteiger partial charge is 0.332 e. The average molecular weight is 387 g/mol. The van der Waals surface area contributed by atoms with Crippen LogP contribution in [0.1, 0.15) is 18.1 Å². The second-order valence-corrected chi connectivity index (χ2v) is 6.36. The molecule has 3 aromatic rings. The molecule has 0 saturated carbocycles. The Bertz CT molecular complexity index is 1050. The molecule has 6 nitrogen and oxygen atoms in total. The first-order valence-corrected chi connectivity index (χ1v) is 9.13. The Morgan fingerprint density at radius 3 is 2.66 bits per heavy atom. The molecule has 0 unspecified atom stereocenters. The van der Waals surface area contributed by atoms with Crippen molar-refractivity contribution in [2.75, 3.05) is 7.11 Å². The summed E-state index contributed by atoms with van der Waals surface area (Å²) in [5.41, 5.74) is 3.36. The molecular formula is C23H21N3O3. The number of methoxy groups -OCH3 is 1. The zero-order valence-corrected chi connectivity index (χ0v) is 16.3. The van der Waals surface area contributed by atoms with Gasteiger partial charge in [-0.25, -0.2) is 4.79 Å². The summed E-state index contributed by atoms with van der Waals surface area (Å²) in [4.78, 5) is 11.9. The number of hydrogen-bond acceptors (Lipinski definition) is 5. The van der Waals surface area contributed by atoms with Crippen molar-refractivity contribution >= 4 is 12.0 Å². The Morgan fingerprint density at radius 2 is 1.93 bits per heavy atom. The normalized spacial score (nSPS) is 11.8. The van der Waals surface area contributed by atoms with Crippen molar-refractivity contribution in [3.8, 4) is 23.1 Å². The highest BCUT2D eigenvalue weighted by molar-refractivity contribution is 5.89. The van der Waals surface area contributed by atoms with Crippen molar-refractivity contribution in [1.29, 1.82) is 5.26 Å². The van der Waals surface area contributed by atoms with Gasteiger partial charge >= 0.3 is 5.97 Å². The third-order valence-corrected chi connectivity index (χ3v) is 4.21. The van der Waals surface area contributed by atoms with Crippen LogP contribution >= 0.6 is 0 Å². The van der Waals surface area contributed by atoms with E-state index in [2.05, 4.69) is 0 Å². The minimum atomic E-state index is -0.804. The minimum absolute atomic E-state index is 0.583. The average Bonchev–Trinajstić information content (AvgIpc) is 3.15. The molecule has 0 aliphatic heterocycles. The number of hydrogen-bond donors (Lipinski definition) is 0. The van der Waals surface area contributed by atoms with Crippen molar-refractivity contribution < 1.29 is 14.3 Å². The first kappa shape index (κ1) is 19.9. The SMILES string of the molecule is COc1ccccc1-c1nn(Cc2ccccc2)cc1/C=C/C(=O)O[C@@H](C)C#N. The molecule has 0 saturated heterocycles. The number of benzene rings is 2. The van der Waals surface area contributed by atoms with Crippen LogP contribution in [-0.2, 0) is 16.1 Å². The van der Waals surface area contributed by atoms with E-state index in [0.717, 1.165) is 16.7 Å². The molecule has 0 N–H and O–H groups in total. The molecular weight excluding hydrogens is 366 g/mol. The molecule has 0 aliphatic carbocycles. The van der Waals surface area contributed by atoms with E-state index in [0.29, 0.717) is 18.0 Å². The van der Waals surface area contributed by atoms with Gasteiger partial charge in [-0.15, -0.1) is 0 Å². The number of ether oxygens (including phenoxy) is 2. The molecule has 2 aromatic carbocycles. The number of carbonyl (C=O) groups is 1. The lowest BCUT2D eigenvalue weighted by Crippen LogP contribution is -2.10. The third kappa shape index (κ3) is 5.11. The number of nitrogens with zero attached hydrogens (tertiary/aromatic N) is 3. The predicted molar refractivity (Wildman–Crippen MR) is 110 cm³/mol. The van der Waals surface area contributed by atoms with Crippen molar-refractivity contribution in [1.82, 2.24) is 9.78 Å². The molecule has 0 fully saturated rings. The Labute approximate surface area is 169 Å².